The van der Waals surface area contributed by atoms with Gasteiger partial charge in [0.25, 0.3) is 0 Å². The van der Waals surface area contributed by atoms with Crippen molar-refractivity contribution < 1.29 is 52.9 Å². The molecule has 1 heterocycles. The molecule has 1 aromatic carbocycles. The molecular weight excluding hydrogens is 542 g/mol. The van der Waals surface area contributed by atoms with Crippen molar-refractivity contribution >= 4 is 20.0 Å². The SMILES string of the molecule is CCCCn1cc[n+](CCCNCc2ccccc2O)c1.O=S(=O)([N-]S(=O)(=O)C(F)(F)F)C(F)(F)F. The Balaban J connectivity index is 0.000000384. The van der Waals surface area contributed by atoms with Gasteiger partial charge < -0.3 is 14.6 Å². The van der Waals surface area contributed by atoms with Crippen LogP contribution in [0.1, 0.15) is 31.7 Å². The lowest BCUT2D eigenvalue weighted by Crippen LogP contribution is -2.33. The molecule has 0 aliphatic rings. The monoisotopic (exact) mass is 568 g/mol. The van der Waals surface area contributed by atoms with Crippen LogP contribution in [0.3, 0.4) is 0 Å². The van der Waals surface area contributed by atoms with Crippen LogP contribution in [0.2, 0.25) is 0 Å². The summed E-state index contributed by atoms with van der Waals surface area (Å²) in [7, 11) is -13.4. The van der Waals surface area contributed by atoms with E-state index in [4.69, 9.17) is 0 Å². The second kappa shape index (κ2) is 13.3. The van der Waals surface area contributed by atoms with Crippen LogP contribution in [0.25, 0.3) is 4.13 Å². The Morgan fingerprint density at radius 2 is 1.58 bits per heavy atom. The first-order chi connectivity index (χ1) is 16.5. The smallest absolute Gasteiger partial charge is 0.480 e. The van der Waals surface area contributed by atoms with Crippen LogP contribution in [0.5, 0.6) is 5.75 Å². The molecule has 0 saturated heterocycles. The second-order valence-electron chi connectivity index (χ2n) is 7.32. The topological polar surface area (TPSA) is 123 Å². The van der Waals surface area contributed by atoms with Gasteiger partial charge in [0.2, 0.25) is 6.33 Å². The Labute approximate surface area is 204 Å². The van der Waals surface area contributed by atoms with Crippen molar-refractivity contribution in [3.63, 3.8) is 0 Å². The van der Waals surface area contributed by atoms with Crippen molar-refractivity contribution in [3.05, 3.63) is 52.7 Å². The maximum Gasteiger partial charge on any atom is 0.480 e. The number of phenols is 1. The fraction of sp³-hybridized carbons (Fsp3) is 0.526. The molecular formula is C19H26F6N4O5S2. The number of aromatic nitrogens is 2. The molecule has 0 saturated carbocycles. The summed E-state index contributed by atoms with van der Waals surface area (Å²) in [6, 6.07) is 7.47. The van der Waals surface area contributed by atoms with E-state index in [2.05, 4.69) is 40.1 Å². The third-order valence-corrected chi connectivity index (χ3v) is 7.11. The molecule has 1 aromatic heterocycles. The van der Waals surface area contributed by atoms with Gasteiger partial charge in [-0.15, -0.1) is 0 Å². The number of halogens is 6. The highest BCUT2D eigenvalue weighted by atomic mass is 32.3. The molecule has 0 spiro atoms. The average molecular weight is 569 g/mol. The molecule has 2 N–H and O–H groups in total. The van der Waals surface area contributed by atoms with Crippen LogP contribution in [-0.4, -0.2) is 44.1 Å². The normalized spacial score (nSPS) is 12.8. The quantitative estimate of drug-likeness (QED) is 0.243. The van der Waals surface area contributed by atoms with Gasteiger partial charge in [0.05, 0.1) is 13.1 Å². The zero-order valence-electron chi connectivity index (χ0n) is 19.0. The number of rotatable bonds is 11. The number of nitrogens with zero attached hydrogens (tertiary/aromatic N) is 3. The molecule has 0 radical (unpaired) electrons. The first kappa shape index (κ1) is 31.7. The van der Waals surface area contributed by atoms with Gasteiger partial charge in [-0.3, -0.25) is 0 Å². The van der Waals surface area contributed by atoms with Crippen LogP contribution in [0.15, 0.2) is 43.0 Å². The summed E-state index contributed by atoms with van der Waals surface area (Å²) in [6.07, 6.45) is 10.0. The van der Waals surface area contributed by atoms with Gasteiger partial charge in [-0.1, -0.05) is 31.5 Å². The Kier molecular flexibility index (Phi) is 11.7. The van der Waals surface area contributed by atoms with Crippen LogP contribution in [0.4, 0.5) is 26.3 Å². The number of alkyl halides is 6. The number of benzene rings is 1. The van der Waals surface area contributed by atoms with Crippen molar-refractivity contribution in [1.82, 2.24) is 9.88 Å². The predicted molar refractivity (Wildman–Crippen MR) is 117 cm³/mol. The zero-order chi connectivity index (χ0) is 27.6. The van der Waals surface area contributed by atoms with Crippen LogP contribution in [-0.2, 0) is 39.7 Å². The van der Waals surface area contributed by atoms with Crippen LogP contribution < -0.4 is 9.88 Å². The predicted octanol–water partition coefficient (Wildman–Crippen LogP) is 3.52. The van der Waals surface area contributed by atoms with Gasteiger partial charge in [0.15, 0.2) is 20.0 Å². The molecule has 17 heteroatoms. The third kappa shape index (κ3) is 10.3. The molecule has 0 bridgehead atoms. The molecule has 0 amide bonds. The highest BCUT2D eigenvalue weighted by Crippen LogP contribution is 2.36. The van der Waals surface area contributed by atoms with Gasteiger partial charge >= 0.3 is 11.0 Å². The minimum absolute atomic E-state index is 0.368. The highest BCUT2D eigenvalue weighted by molar-refractivity contribution is 8.13. The number of nitrogens with one attached hydrogen (secondary N) is 1. The first-order valence-electron chi connectivity index (χ1n) is 10.4. The van der Waals surface area contributed by atoms with E-state index in [1.54, 1.807) is 6.07 Å². The van der Waals surface area contributed by atoms with E-state index in [0.717, 1.165) is 42.3 Å². The third-order valence-electron chi connectivity index (χ3n) is 4.37. The van der Waals surface area contributed by atoms with E-state index in [9.17, 15) is 48.3 Å². The summed E-state index contributed by atoms with van der Waals surface area (Å²) in [5, 5.41) is 13.0. The number of imidazole rings is 1. The van der Waals surface area contributed by atoms with Gasteiger partial charge in [-0.25, -0.2) is 26.0 Å². The average Bonchev–Trinajstić information content (AvgIpc) is 3.19. The Morgan fingerprint density at radius 3 is 2.11 bits per heavy atom. The summed E-state index contributed by atoms with van der Waals surface area (Å²) in [6.45, 7) is 6.01. The Morgan fingerprint density at radius 1 is 1.00 bits per heavy atom. The number of hydrogen-bond donors (Lipinski definition) is 2. The molecule has 206 valence electrons. The fourth-order valence-corrected chi connectivity index (χ4v) is 4.24. The standard InChI is InChI=1S/C17H25N3O.C2F6NO4S2/c1-2-3-10-19-12-13-20(15-19)11-6-9-18-14-16-7-4-5-8-17(16)21;3-1(4,5)14(10,11)9-15(12,13)2(6,7)8/h4-5,7-8,12-13,15,18H,2-3,6,9-11,14H2,1H3;/q;-1/p+1. The van der Waals surface area contributed by atoms with Crippen molar-refractivity contribution in [2.45, 2.75) is 56.8 Å². The lowest BCUT2D eigenvalue weighted by atomic mass is 10.2. The van der Waals surface area contributed by atoms with Gasteiger partial charge in [-0.05, 0) is 25.5 Å². The maximum atomic E-state index is 11.4. The molecule has 36 heavy (non-hydrogen) atoms. The number of aromatic hydroxyl groups is 1. The summed E-state index contributed by atoms with van der Waals surface area (Å²) < 4.78 is 114. The fourth-order valence-electron chi connectivity index (χ4n) is 2.53. The van der Waals surface area contributed by atoms with E-state index >= 15 is 0 Å². The number of sulfonamides is 2. The molecule has 0 fully saturated rings. The second-order valence-corrected chi connectivity index (χ2v) is 10.7. The Hall–Kier alpha value is -2.37. The summed E-state index contributed by atoms with van der Waals surface area (Å²) >= 11 is 0. The minimum atomic E-state index is -6.72. The Bertz CT molecular complexity index is 1120. The van der Waals surface area contributed by atoms with Crippen molar-refractivity contribution in [2.24, 2.45) is 0 Å². The van der Waals surface area contributed by atoms with E-state index in [0.29, 0.717) is 5.75 Å². The number of para-hydroxylation sites is 1. The molecule has 0 atom stereocenters. The summed E-state index contributed by atoms with van der Waals surface area (Å²) in [4.78, 5) is 0. The number of unbranched alkanes of at least 4 members (excludes halogenated alkanes) is 1. The molecule has 9 nitrogen and oxygen atoms in total. The van der Waals surface area contributed by atoms with Crippen molar-refractivity contribution in [2.75, 3.05) is 6.54 Å². The largest absolute Gasteiger partial charge is 0.508 e. The molecule has 2 rings (SSSR count). The van der Waals surface area contributed by atoms with E-state index < -0.39 is 31.1 Å². The minimum Gasteiger partial charge on any atom is -0.508 e. The summed E-state index contributed by atoms with van der Waals surface area (Å²) in [5.74, 6) is 0.368. The van der Waals surface area contributed by atoms with E-state index in [1.165, 1.54) is 12.8 Å². The number of aryl methyl sites for hydroxylation is 2. The highest BCUT2D eigenvalue weighted by Gasteiger charge is 2.46. The molecule has 0 aliphatic heterocycles. The van der Waals surface area contributed by atoms with Crippen molar-refractivity contribution in [1.29, 1.82) is 0 Å². The maximum absolute atomic E-state index is 11.4. The van der Waals surface area contributed by atoms with E-state index in [-0.39, 0.29) is 0 Å². The van der Waals surface area contributed by atoms with Crippen LogP contribution >= 0.6 is 0 Å². The van der Waals surface area contributed by atoms with Gasteiger partial charge in [0.1, 0.15) is 18.1 Å². The first-order valence-corrected chi connectivity index (χ1v) is 13.3. The van der Waals surface area contributed by atoms with Gasteiger partial charge in [0, 0.05) is 12.1 Å². The lowest BCUT2D eigenvalue weighted by Gasteiger charge is -2.22. The van der Waals surface area contributed by atoms with E-state index in [1.807, 2.05) is 18.2 Å². The van der Waals surface area contributed by atoms with Crippen LogP contribution in [0, 0.1) is 0 Å². The number of hydrogen-bond acceptors (Lipinski definition) is 6. The molecule has 0 aliphatic carbocycles. The lowest BCUT2D eigenvalue weighted by molar-refractivity contribution is -0.696. The summed E-state index contributed by atoms with van der Waals surface area (Å²) in [5.41, 5.74) is -11.5. The zero-order valence-corrected chi connectivity index (χ0v) is 20.6. The van der Waals surface area contributed by atoms with Gasteiger partial charge in [-0.2, -0.15) is 26.3 Å². The molecule has 0 unspecified atom stereocenters. The molecule has 2 aromatic rings. The number of phenolic OH excluding ortho intramolecular Hbond substituents is 1. The van der Waals surface area contributed by atoms with Crippen molar-refractivity contribution in [3.8, 4) is 5.75 Å².